The molecule has 0 unspecified atom stereocenters. The lowest BCUT2D eigenvalue weighted by atomic mass is 10.3. The molecule has 1 aromatic heterocycles. The van der Waals surface area contributed by atoms with Crippen LogP contribution in [-0.4, -0.2) is 44.3 Å². The summed E-state index contributed by atoms with van der Waals surface area (Å²) in [4.78, 5) is 30.3. The van der Waals surface area contributed by atoms with Crippen LogP contribution in [-0.2, 0) is 14.6 Å². The molecule has 0 atom stereocenters. The van der Waals surface area contributed by atoms with E-state index in [9.17, 15) is 18.0 Å². The fraction of sp³-hybridized carbons (Fsp3) is 0.150. The number of halogens is 1. The summed E-state index contributed by atoms with van der Waals surface area (Å²) in [6, 6.07) is 11.1. The van der Waals surface area contributed by atoms with Gasteiger partial charge in [0.25, 0.3) is 5.56 Å². The summed E-state index contributed by atoms with van der Waals surface area (Å²) >= 11 is 4.29. The molecule has 0 saturated carbocycles. The van der Waals surface area contributed by atoms with Gasteiger partial charge in [0.1, 0.15) is 0 Å². The highest BCUT2D eigenvalue weighted by molar-refractivity contribution is 9.10. The standard InChI is InChI=1S/C20H18BrN3O6S2/c1-29-15-7-6-14(9-16(15)30-2)32(27,28)17-10-22-20(24-19(17)26)31-11-18(25)23-13-5-3-4-12(21)8-13/h3-10H,11H2,1-2H3,(H,23,25)(H,22,24,26). The summed E-state index contributed by atoms with van der Waals surface area (Å²) in [5.74, 6) is 0.225. The van der Waals surface area contributed by atoms with Gasteiger partial charge in [-0.15, -0.1) is 0 Å². The van der Waals surface area contributed by atoms with Gasteiger partial charge in [-0.25, -0.2) is 13.4 Å². The number of carbonyl (C=O) groups excluding carboxylic acids is 1. The number of H-pyrrole nitrogens is 1. The van der Waals surface area contributed by atoms with E-state index in [-0.39, 0.29) is 27.5 Å². The number of hydrogen-bond donors (Lipinski definition) is 2. The topological polar surface area (TPSA) is 127 Å². The van der Waals surface area contributed by atoms with Crippen LogP contribution in [0.5, 0.6) is 11.5 Å². The molecule has 2 aromatic carbocycles. The van der Waals surface area contributed by atoms with Gasteiger partial charge in [-0.1, -0.05) is 33.8 Å². The Morgan fingerprint density at radius 3 is 2.56 bits per heavy atom. The first-order valence-corrected chi connectivity index (χ1v) is 12.3. The minimum atomic E-state index is -4.15. The number of benzene rings is 2. The average Bonchev–Trinajstić information content (AvgIpc) is 2.77. The lowest BCUT2D eigenvalue weighted by Crippen LogP contribution is -2.20. The molecular weight excluding hydrogens is 522 g/mol. The predicted octanol–water partition coefficient (Wildman–Crippen LogP) is 3.11. The van der Waals surface area contributed by atoms with Crippen LogP contribution in [0, 0.1) is 0 Å². The summed E-state index contributed by atoms with van der Waals surface area (Å²) in [7, 11) is -1.35. The maximum Gasteiger partial charge on any atom is 0.270 e. The van der Waals surface area contributed by atoms with E-state index < -0.39 is 20.3 Å². The quantitative estimate of drug-likeness (QED) is 0.330. The molecule has 32 heavy (non-hydrogen) atoms. The predicted molar refractivity (Wildman–Crippen MR) is 123 cm³/mol. The monoisotopic (exact) mass is 539 g/mol. The highest BCUT2D eigenvalue weighted by Crippen LogP contribution is 2.31. The summed E-state index contributed by atoms with van der Waals surface area (Å²) in [5.41, 5.74) is -0.229. The number of aromatic amines is 1. The van der Waals surface area contributed by atoms with Crippen LogP contribution >= 0.6 is 27.7 Å². The van der Waals surface area contributed by atoms with Gasteiger partial charge in [-0.05, 0) is 30.3 Å². The molecule has 0 saturated heterocycles. The van der Waals surface area contributed by atoms with Gasteiger partial charge < -0.3 is 19.8 Å². The van der Waals surface area contributed by atoms with Gasteiger partial charge in [0.2, 0.25) is 15.7 Å². The van der Waals surface area contributed by atoms with E-state index in [2.05, 4.69) is 31.2 Å². The molecule has 9 nitrogen and oxygen atoms in total. The molecule has 3 rings (SSSR count). The molecule has 0 spiro atoms. The number of sulfone groups is 1. The van der Waals surface area contributed by atoms with Crippen molar-refractivity contribution in [3.8, 4) is 11.5 Å². The third kappa shape index (κ3) is 5.50. The van der Waals surface area contributed by atoms with Crippen molar-refractivity contribution in [2.75, 3.05) is 25.3 Å². The van der Waals surface area contributed by atoms with E-state index in [4.69, 9.17) is 9.47 Å². The summed E-state index contributed by atoms with van der Waals surface area (Å²) < 4.78 is 36.8. The maximum absolute atomic E-state index is 12.9. The number of methoxy groups -OCH3 is 2. The van der Waals surface area contributed by atoms with Gasteiger partial charge in [-0.3, -0.25) is 9.59 Å². The second kappa shape index (κ2) is 10.2. The van der Waals surface area contributed by atoms with Crippen LogP contribution in [0.4, 0.5) is 5.69 Å². The summed E-state index contributed by atoms with van der Waals surface area (Å²) in [6.07, 6.45) is 0.972. The molecule has 0 aliphatic carbocycles. The zero-order chi connectivity index (χ0) is 23.3. The number of anilines is 1. The molecular formula is C20H18BrN3O6S2. The Kier molecular flexibility index (Phi) is 7.59. The normalized spacial score (nSPS) is 11.1. The number of thioether (sulfide) groups is 1. The van der Waals surface area contributed by atoms with Gasteiger partial charge in [0.05, 0.1) is 31.1 Å². The van der Waals surface area contributed by atoms with Crippen molar-refractivity contribution in [2.24, 2.45) is 0 Å². The molecule has 3 aromatic rings. The maximum atomic E-state index is 12.9. The van der Waals surface area contributed by atoms with Crippen molar-refractivity contribution < 1.29 is 22.7 Å². The first-order chi connectivity index (χ1) is 15.2. The van der Waals surface area contributed by atoms with Gasteiger partial charge in [-0.2, -0.15) is 0 Å². The van der Waals surface area contributed by atoms with Gasteiger partial charge >= 0.3 is 0 Å². The Labute approximate surface area is 196 Å². The second-order valence-electron chi connectivity index (χ2n) is 6.25. The van der Waals surface area contributed by atoms with Crippen LogP contribution < -0.4 is 20.3 Å². The van der Waals surface area contributed by atoms with Crippen LogP contribution in [0.25, 0.3) is 0 Å². The average molecular weight is 540 g/mol. The van der Waals surface area contributed by atoms with Crippen molar-refractivity contribution in [3.63, 3.8) is 0 Å². The third-order valence-corrected chi connectivity index (χ3v) is 7.27. The van der Waals surface area contributed by atoms with Gasteiger partial charge in [0.15, 0.2) is 21.6 Å². The van der Waals surface area contributed by atoms with Crippen molar-refractivity contribution >= 4 is 49.1 Å². The molecule has 2 N–H and O–H groups in total. The molecule has 12 heteroatoms. The summed E-state index contributed by atoms with van der Waals surface area (Å²) in [5, 5.41) is 2.83. The lowest BCUT2D eigenvalue weighted by molar-refractivity contribution is -0.113. The highest BCUT2D eigenvalue weighted by Gasteiger charge is 2.24. The van der Waals surface area contributed by atoms with Crippen molar-refractivity contribution in [1.82, 2.24) is 9.97 Å². The number of amides is 1. The lowest BCUT2D eigenvalue weighted by Gasteiger charge is -2.10. The number of aromatic nitrogens is 2. The van der Waals surface area contributed by atoms with E-state index in [1.54, 1.807) is 18.2 Å². The van der Waals surface area contributed by atoms with Crippen LogP contribution in [0.15, 0.2) is 72.9 Å². The smallest absolute Gasteiger partial charge is 0.270 e. The number of hydrogen-bond acceptors (Lipinski definition) is 8. The number of nitrogens with zero attached hydrogens (tertiary/aromatic N) is 1. The largest absolute Gasteiger partial charge is 0.493 e. The Morgan fingerprint density at radius 2 is 1.91 bits per heavy atom. The first-order valence-electron chi connectivity index (χ1n) is 8.99. The Bertz CT molecular complexity index is 1310. The molecule has 168 valence electrons. The number of rotatable bonds is 8. The third-order valence-electron chi connectivity index (χ3n) is 4.15. The minimum absolute atomic E-state index is 0.0305. The first kappa shape index (κ1) is 23.8. The molecule has 0 radical (unpaired) electrons. The van der Waals surface area contributed by atoms with Crippen LogP contribution in [0.1, 0.15) is 0 Å². The van der Waals surface area contributed by atoms with E-state index in [0.29, 0.717) is 11.4 Å². The van der Waals surface area contributed by atoms with Crippen molar-refractivity contribution in [1.29, 1.82) is 0 Å². The van der Waals surface area contributed by atoms with Crippen LogP contribution in [0.2, 0.25) is 0 Å². The van der Waals surface area contributed by atoms with Crippen LogP contribution in [0.3, 0.4) is 0 Å². The molecule has 0 aliphatic rings. The molecule has 0 bridgehead atoms. The molecule has 1 heterocycles. The van der Waals surface area contributed by atoms with E-state index in [1.165, 1.54) is 32.4 Å². The van der Waals surface area contributed by atoms with E-state index in [0.717, 1.165) is 22.4 Å². The Balaban J connectivity index is 1.74. The fourth-order valence-corrected chi connectivity index (χ4v) is 4.92. The second-order valence-corrected chi connectivity index (χ2v) is 10.0. The van der Waals surface area contributed by atoms with E-state index >= 15 is 0 Å². The zero-order valence-electron chi connectivity index (χ0n) is 16.9. The van der Waals surface area contributed by atoms with Crippen molar-refractivity contribution in [3.05, 3.63) is 63.5 Å². The SMILES string of the molecule is COc1ccc(S(=O)(=O)c2cnc(SCC(=O)Nc3cccc(Br)c3)[nH]c2=O)cc1OC. The van der Waals surface area contributed by atoms with Gasteiger partial charge in [0, 0.05) is 16.2 Å². The minimum Gasteiger partial charge on any atom is -0.493 e. The molecule has 1 amide bonds. The highest BCUT2D eigenvalue weighted by atomic mass is 79.9. The number of carbonyl (C=O) groups is 1. The number of ether oxygens (including phenoxy) is 2. The van der Waals surface area contributed by atoms with Crippen molar-refractivity contribution in [2.45, 2.75) is 14.9 Å². The van der Waals surface area contributed by atoms with E-state index in [1.807, 2.05) is 6.07 Å². The Morgan fingerprint density at radius 1 is 1.16 bits per heavy atom. The Hall–Kier alpha value is -2.83. The molecule has 0 fully saturated rings. The zero-order valence-corrected chi connectivity index (χ0v) is 20.1. The molecule has 0 aliphatic heterocycles. The fourth-order valence-electron chi connectivity index (χ4n) is 2.64. The summed E-state index contributed by atoms with van der Waals surface area (Å²) in [6.45, 7) is 0. The number of nitrogens with one attached hydrogen (secondary N) is 2.